The normalized spacial score (nSPS) is 11.3. The van der Waals surface area contributed by atoms with E-state index >= 15 is 0 Å². The maximum atomic E-state index is 12.5. The highest BCUT2D eigenvalue weighted by Gasteiger charge is 2.15. The minimum Gasteiger partial charge on any atom is -0.352 e. The summed E-state index contributed by atoms with van der Waals surface area (Å²) in [5.74, 6) is -0.145. The lowest BCUT2D eigenvalue weighted by atomic mass is 10.0. The fourth-order valence-corrected chi connectivity index (χ4v) is 4.42. The third-order valence-corrected chi connectivity index (χ3v) is 6.35. The van der Waals surface area contributed by atoms with Crippen LogP contribution in [0.2, 0.25) is 0 Å². The van der Waals surface area contributed by atoms with Gasteiger partial charge in [-0.25, -0.2) is 9.53 Å². The van der Waals surface area contributed by atoms with Crippen molar-refractivity contribution in [2.24, 2.45) is 7.05 Å². The van der Waals surface area contributed by atoms with Crippen LogP contribution in [0.15, 0.2) is 27.5 Å². The van der Waals surface area contributed by atoms with Crippen LogP contribution in [0.3, 0.4) is 0 Å². The van der Waals surface area contributed by atoms with E-state index in [9.17, 15) is 9.59 Å². The van der Waals surface area contributed by atoms with Crippen molar-refractivity contribution in [3.05, 3.63) is 34.2 Å². The Hall–Kier alpha value is -2.04. The average Bonchev–Trinajstić information content (AvgIpc) is 3.09. The van der Waals surface area contributed by atoms with Gasteiger partial charge in [-0.1, -0.05) is 109 Å². The highest BCUT2D eigenvalue weighted by atomic mass is 16.5. The van der Waals surface area contributed by atoms with Crippen LogP contribution in [0.25, 0.3) is 10.9 Å². The third kappa shape index (κ3) is 9.22. The Morgan fingerprint density at radius 2 is 1.31 bits per heavy atom. The molecule has 0 aliphatic rings. The number of rotatable bonds is 18. The molecule has 2 rings (SSSR count). The number of unbranched alkanes of at least 4 members (excludes halogenated alkanes) is 15. The molecular weight excluding hydrogens is 400 g/mol. The summed E-state index contributed by atoms with van der Waals surface area (Å²) in [6, 6.07) is 5.15. The van der Waals surface area contributed by atoms with E-state index in [2.05, 4.69) is 12.2 Å². The van der Waals surface area contributed by atoms with Gasteiger partial charge in [-0.3, -0.25) is 4.79 Å². The van der Waals surface area contributed by atoms with Gasteiger partial charge in [-0.2, -0.15) is 0 Å². The SMILES string of the molecule is CCCCCCCCCCCCCCCCCCNC(=O)c1cccc2c(=O)on(C)c12. The summed E-state index contributed by atoms with van der Waals surface area (Å²) in [7, 11) is 1.65. The summed E-state index contributed by atoms with van der Waals surface area (Å²) in [4.78, 5) is 24.3. The number of aryl methyl sites for hydroxylation is 1. The van der Waals surface area contributed by atoms with E-state index in [1.807, 2.05) is 0 Å². The molecule has 32 heavy (non-hydrogen) atoms. The van der Waals surface area contributed by atoms with Crippen LogP contribution in [0.1, 0.15) is 120 Å². The number of para-hydroxylation sites is 1. The number of nitrogens with zero attached hydrogens (tertiary/aromatic N) is 1. The van der Waals surface area contributed by atoms with Crippen molar-refractivity contribution in [3.8, 4) is 0 Å². The molecule has 1 heterocycles. The maximum absolute atomic E-state index is 12.5. The van der Waals surface area contributed by atoms with Crippen LogP contribution < -0.4 is 10.9 Å². The molecule has 0 saturated heterocycles. The Balaban J connectivity index is 1.43. The minimum atomic E-state index is -0.407. The third-order valence-electron chi connectivity index (χ3n) is 6.35. The maximum Gasteiger partial charge on any atom is 0.365 e. The molecular formula is C27H44N2O3. The highest BCUT2D eigenvalue weighted by Crippen LogP contribution is 2.16. The number of hydrogen-bond acceptors (Lipinski definition) is 3. The zero-order valence-corrected chi connectivity index (χ0v) is 20.4. The van der Waals surface area contributed by atoms with Crippen molar-refractivity contribution in [3.63, 3.8) is 0 Å². The molecule has 1 aromatic heterocycles. The largest absolute Gasteiger partial charge is 0.365 e. The molecule has 5 heteroatoms. The van der Waals surface area contributed by atoms with E-state index in [-0.39, 0.29) is 5.91 Å². The minimum absolute atomic E-state index is 0.145. The number of fused-ring (bicyclic) bond motifs is 1. The Labute approximate surface area is 193 Å². The number of hydrogen-bond donors (Lipinski definition) is 1. The highest BCUT2D eigenvalue weighted by molar-refractivity contribution is 6.05. The second-order valence-electron chi connectivity index (χ2n) is 9.14. The fraction of sp³-hybridized carbons (Fsp3) is 0.704. The van der Waals surface area contributed by atoms with Crippen molar-refractivity contribution in [2.75, 3.05) is 6.54 Å². The number of aromatic nitrogens is 1. The standard InChI is InChI=1S/C27H44N2O3/c1-3-4-5-6-7-8-9-10-11-12-13-14-15-16-17-18-22-28-26(30)23-20-19-21-24-25(23)29(2)32-27(24)31/h19-21H,3-18,22H2,1-2H3,(H,28,30). The van der Waals surface area contributed by atoms with Gasteiger partial charge in [0.05, 0.1) is 10.9 Å². The first-order chi connectivity index (χ1) is 15.6. The summed E-state index contributed by atoms with van der Waals surface area (Å²) in [6.07, 6.45) is 21.4. The van der Waals surface area contributed by atoms with Gasteiger partial charge < -0.3 is 9.84 Å². The quantitative estimate of drug-likeness (QED) is 0.249. The molecule has 1 aromatic carbocycles. The van der Waals surface area contributed by atoms with Gasteiger partial charge in [0.2, 0.25) is 0 Å². The van der Waals surface area contributed by atoms with E-state index in [1.165, 1.54) is 94.6 Å². The molecule has 180 valence electrons. The molecule has 0 bridgehead atoms. The van der Waals surface area contributed by atoms with Crippen molar-refractivity contribution < 1.29 is 9.32 Å². The monoisotopic (exact) mass is 444 g/mol. The van der Waals surface area contributed by atoms with E-state index < -0.39 is 5.63 Å². The van der Waals surface area contributed by atoms with E-state index in [0.717, 1.165) is 12.8 Å². The van der Waals surface area contributed by atoms with Crippen LogP contribution in [0.4, 0.5) is 0 Å². The predicted molar refractivity (Wildman–Crippen MR) is 133 cm³/mol. The first-order valence-electron chi connectivity index (χ1n) is 13.0. The first kappa shape index (κ1) is 26.2. The smallest absolute Gasteiger partial charge is 0.352 e. The van der Waals surface area contributed by atoms with Gasteiger partial charge in [0.1, 0.15) is 5.52 Å². The molecule has 0 saturated carbocycles. The van der Waals surface area contributed by atoms with Crippen LogP contribution in [0.5, 0.6) is 0 Å². The Bertz CT molecular complexity index is 837. The summed E-state index contributed by atoms with van der Waals surface area (Å²) < 4.78 is 6.45. The summed E-state index contributed by atoms with van der Waals surface area (Å²) in [5, 5.41) is 3.43. The number of benzene rings is 1. The average molecular weight is 445 g/mol. The Morgan fingerprint density at radius 3 is 1.84 bits per heavy atom. The number of carbonyl (C=O) groups is 1. The lowest BCUT2D eigenvalue weighted by molar-refractivity contribution is 0.0953. The van der Waals surface area contributed by atoms with Gasteiger partial charge in [-0.15, -0.1) is 0 Å². The molecule has 0 aliphatic carbocycles. The summed E-state index contributed by atoms with van der Waals surface area (Å²) in [5.41, 5.74) is 0.643. The van der Waals surface area contributed by atoms with Crippen molar-refractivity contribution in [2.45, 2.75) is 110 Å². The van der Waals surface area contributed by atoms with Crippen LogP contribution >= 0.6 is 0 Å². The topological polar surface area (TPSA) is 64.2 Å². The second-order valence-corrected chi connectivity index (χ2v) is 9.14. The van der Waals surface area contributed by atoms with Crippen LogP contribution in [-0.4, -0.2) is 17.2 Å². The molecule has 1 N–H and O–H groups in total. The molecule has 0 fully saturated rings. The summed E-state index contributed by atoms with van der Waals surface area (Å²) in [6.45, 7) is 2.94. The molecule has 0 unspecified atom stereocenters. The van der Waals surface area contributed by atoms with Gasteiger partial charge in [-0.05, 0) is 18.6 Å². The lowest BCUT2D eigenvalue weighted by Gasteiger charge is -2.07. The molecule has 5 nitrogen and oxygen atoms in total. The van der Waals surface area contributed by atoms with E-state index in [1.54, 1.807) is 25.2 Å². The van der Waals surface area contributed by atoms with Gasteiger partial charge in [0.15, 0.2) is 0 Å². The van der Waals surface area contributed by atoms with Crippen LogP contribution in [0, 0.1) is 0 Å². The van der Waals surface area contributed by atoms with Crippen molar-refractivity contribution in [1.82, 2.24) is 10.1 Å². The van der Waals surface area contributed by atoms with Crippen LogP contribution in [-0.2, 0) is 7.05 Å². The first-order valence-corrected chi connectivity index (χ1v) is 13.0. The fourth-order valence-electron chi connectivity index (χ4n) is 4.42. The van der Waals surface area contributed by atoms with Crippen molar-refractivity contribution in [1.29, 1.82) is 0 Å². The Kier molecular flexibility index (Phi) is 12.9. The molecule has 0 atom stereocenters. The number of amides is 1. The molecule has 0 radical (unpaired) electrons. The van der Waals surface area contributed by atoms with Crippen molar-refractivity contribution >= 4 is 16.8 Å². The van der Waals surface area contributed by atoms with Gasteiger partial charge in [0, 0.05) is 13.6 Å². The molecule has 2 aromatic rings. The van der Waals surface area contributed by atoms with Gasteiger partial charge >= 0.3 is 5.63 Å². The van der Waals surface area contributed by atoms with Gasteiger partial charge in [0.25, 0.3) is 5.91 Å². The van der Waals surface area contributed by atoms with E-state index in [4.69, 9.17) is 4.52 Å². The molecule has 0 aliphatic heterocycles. The number of carbonyl (C=O) groups excluding carboxylic acids is 1. The lowest BCUT2D eigenvalue weighted by Crippen LogP contribution is -2.25. The zero-order chi connectivity index (χ0) is 23.0. The predicted octanol–water partition coefficient (Wildman–Crippen LogP) is 7.12. The zero-order valence-electron chi connectivity index (χ0n) is 20.4. The molecule has 0 spiro atoms. The van der Waals surface area contributed by atoms with E-state index in [0.29, 0.717) is 23.0 Å². The summed E-state index contributed by atoms with van der Waals surface area (Å²) >= 11 is 0. The Morgan fingerprint density at radius 1 is 0.812 bits per heavy atom. The molecule has 1 amide bonds. The second kappa shape index (κ2) is 15.7. The number of nitrogens with one attached hydrogen (secondary N) is 1.